The normalized spacial score (nSPS) is 12.9. The summed E-state index contributed by atoms with van der Waals surface area (Å²) >= 11 is 6.01. The van der Waals surface area contributed by atoms with E-state index < -0.39 is 0 Å². The van der Waals surface area contributed by atoms with Crippen LogP contribution < -0.4 is 5.32 Å². The minimum Gasteiger partial charge on any atom is -0.467 e. The fraction of sp³-hybridized carbons (Fsp3) is 0.250. The molecule has 0 aliphatic carbocycles. The number of nitrogens with one attached hydrogen (secondary N) is 1. The third-order valence-electron chi connectivity index (χ3n) is 3.21. The van der Waals surface area contributed by atoms with Crippen molar-refractivity contribution in [3.05, 3.63) is 59.2 Å². The van der Waals surface area contributed by atoms with Crippen molar-refractivity contribution in [3.8, 4) is 0 Å². The molecule has 3 nitrogen and oxygen atoms in total. The van der Waals surface area contributed by atoms with Crippen LogP contribution in [0.4, 0.5) is 0 Å². The molecular weight excluding hydrogens is 274 g/mol. The highest BCUT2D eigenvalue weighted by Gasteiger charge is 2.20. The summed E-state index contributed by atoms with van der Waals surface area (Å²) in [6.45, 7) is 3.02. The Labute approximate surface area is 122 Å². The summed E-state index contributed by atoms with van der Waals surface area (Å²) in [5.74, 6) is 1.69. The van der Waals surface area contributed by atoms with E-state index in [4.69, 9.17) is 20.4 Å². The molecule has 2 aromatic heterocycles. The maximum atomic E-state index is 6.01. The number of benzene rings is 1. The standard InChI is InChI=1S/C16H16ClNO2/c1-2-7-18-16(14-4-3-8-19-14)15-10-11-9-12(17)5-6-13(11)20-15/h3-6,8-10,16,18H,2,7H2,1H3. The molecule has 3 aromatic rings. The minimum atomic E-state index is -0.0730. The first kappa shape index (κ1) is 13.3. The van der Waals surface area contributed by atoms with Crippen molar-refractivity contribution < 1.29 is 8.83 Å². The van der Waals surface area contributed by atoms with Crippen molar-refractivity contribution in [2.24, 2.45) is 0 Å². The Morgan fingerprint density at radius 3 is 2.85 bits per heavy atom. The van der Waals surface area contributed by atoms with Gasteiger partial charge in [-0.1, -0.05) is 18.5 Å². The molecule has 0 saturated carbocycles. The largest absolute Gasteiger partial charge is 0.467 e. The molecule has 1 aromatic carbocycles. The predicted molar refractivity (Wildman–Crippen MR) is 80.1 cm³/mol. The topological polar surface area (TPSA) is 38.3 Å². The number of furan rings is 2. The molecule has 0 bridgehead atoms. The van der Waals surface area contributed by atoms with Crippen molar-refractivity contribution in [2.45, 2.75) is 19.4 Å². The highest BCUT2D eigenvalue weighted by Crippen LogP contribution is 2.30. The molecule has 4 heteroatoms. The lowest BCUT2D eigenvalue weighted by molar-refractivity contribution is 0.399. The average molecular weight is 290 g/mol. The molecule has 3 rings (SSSR count). The van der Waals surface area contributed by atoms with Crippen LogP contribution in [0.3, 0.4) is 0 Å². The van der Waals surface area contributed by atoms with E-state index in [1.54, 1.807) is 6.26 Å². The lowest BCUT2D eigenvalue weighted by Gasteiger charge is -2.13. The van der Waals surface area contributed by atoms with Crippen LogP contribution in [0.15, 0.2) is 51.5 Å². The first-order valence-corrected chi connectivity index (χ1v) is 7.11. The molecule has 0 aliphatic rings. The van der Waals surface area contributed by atoms with E-state index in [0.29, 0.717) is 5.02 Å². The van der Waals surface area contributed by atoms with Gasteiger partial charge in [0.05, 0.1) is 6.26 Å². The predicted octanol–water partition coefficient (Wildman–Crippen LogP) is 4.77. The summed E-state index contributed by atoms with van der Waals surface area (Å²) in [6, 6.07) is 11.4. The van der Waals surface area contributed by atoms with E-state index in [2.05, 4.69) is 12.2 Å². The van der Waals surface area contributed by atoms with Crippen LogP contribution in [0.1, 0.15) is 30.9 Å². The third-order valence-corrected chi connectivity index (χ3v) is 3.44. The summed E-state index contributed by atoms with van der Waals surface area (Å²) in [7, 11) is 0. The Kier molecular flexibility index (Phi) is 3.81. The van der Waals surface area contributed by atoms with Crippen molar-refractivity contribution in [1.82, 2.24) is 5.32 Å². The van der Waals surface area contributed by atoms with Crippen LogP contribution in [0.25, 0.3) is 11.0 Å². The Balaban J connectivity index is 1.99. The van der Waals surface area contributed by atoms with Gasteiger partial charge in [-0.15, -0.1) is 0 Å². The van der Waals surface area contributed by atoms with E-state index in [-0.39, 0.29) is 6.04 Å². The van der Waals surface area contributed by atoms with E-state index in [1.165, 1.54) is 0 Å². The van der Waals surface area contributed by atoms with E-state index >= 15 is 0 Å². The van der Waals surface area contributed by atoms with Gasteiger partial charge in [0.2, 0.25) is 0 Å². The van der Waals surface area contributed by atoms with Crippen LogP contribution >= 0.6 is 11.6 Å². The smallest absolute Gasteiger partial charge is 0.134 e. The van der Waals surface area contributed by atoms with E-state index in [0.717, 1.165) is 35.5 Å². The molecule has 0 amide bonds. The molecule has 1 N–H and O–H groups in total. The molecule has 0 aliphatic heterocycles. The SMILES string of the molecule is CCCNC(c1ccco1)c1cc2cc(Cl)ccc2o1. The van der Waals surface area contributed by atoms with Crippen LogP contribution in [0, 0.1) is 0 Å². The third kappa shape index (κ3) is 2.60. The first-order valence-electron chi connectivity index (χ1n) is 6.73. The van der Waals surface area contributed by atoms with Gasteiger partial charge in [0.25, 0.3) is 0 Å². The van der Waals surface area contributed by atoms with Crippen LogP contribution in [-0.4, -0.2) is 6.54 Å². The van der Waals surface area contributed by atoms with Gasteiger partial charge < -0.3 is 14.2 Å². The highest BCUT2D eigenvalue weighted by atomic mass is 35.5. The Bertz CT molecular complexity index is 688. The molecule has 20 heavy (non-hydrogen) atoms. The Morgan fingerprint density at radius 2 is 2.10 bits per heavy atom. The average Bonchev–Trinajstić information content (AvgIpc) is 3.08. The number of halogens is 1. The van der Waals surface area contributed by atoms with Gasteiger partial charge >= 0.3 is 0 Å². The number of fused-ring (bicyclic) bond motifs is 1. The van der Waals surface area contributed by atoms with Crippen molar-refractivity contribution in [1.29, 1.82) is 0 Å². The molecule has 1 unspecified atom stereocenters. The van der Waals surface area contributed by atoms with Gasteiger partial charge in [-0.25, -0.2) is 0 Å². The Hall–Kier alpha value is -1.71. The summed E-state index contributed by atoms with van der Waals surface area (Å²) < 4.78 is 11.4. The molecule has 0 fully saturated rings. The van der Waals surface area contributed by atoms with Crippen LogP contribution in [0.5, 0.6) is 0 Å². The second kappa shape index (κ2) is 5.73. The summed E-state index contributed by atoms with van der Waals surface area (Å²) in [4.78, 5) is 0. The van der Waals surface area contributed by atoms with E-state index in [9.17, 15) is 0 Å². The van der Waals surface area contributed by atoms with Gasteiger partial charge in [0, 0.05) is 10.4 Å². The quantitative estimate of drug-likeness (QED) is 0.735. The molecule has 104 valence electrons. The summed E-state index contributed by atoms with van der Waals surface area (Å²) in [6.07, 6.45) is 2.72. The fourth-order valence-corrected chi connectivity index (χ4v) is 2.44. The van der Waals surface area contributed by atoms with Crippen molar-refractivity contribution >= 4 is 22.6 Å². The van der Waals surface area contributed by atoms with Crippen LogP contribution in [-0.2, 0) is 0 Å². The maximum Gasteiger partial charge on any atom is 0.134 e. The zero-order valence-corrected chi connectivity index (χ0v) is 12.0. The molecule has 0 saturated heterocycles. The summed E-state index contributed by atoms with van der Waals surface area (Å²) in [5.41, 5.74) is 0.833. The highest BCUT2D eigenvalue weighted by molar-refractivity contribution is 6.31. The van der Waals surface area contributed by atoms with Crippen molar-refractivity contribution in [2.75, 3.05) is 6.54 Å². The lowest BCUT2D eigenvalue weighted by Crippen LogP contribution is -2.22. The van der Waals surface area contributed by atoms with Crippen molar-refractivity contribution in [3.63, 3.8) is 0 Å². The molecule has 0 spiro atoms. The zero-order chi connectivity index (χ0) is 13.9. The van der Waals surface area contributed by atoms with Crippen LogP contribution in [0.2, 0.25) is 5.02 Å². The molecular formula is C16H16ClNO2. The number of rotatable bonds is 5. The van der Waals surface area contributed by atoms with Gasteiger partial charge in [-0.05, 0) is 49.4 Å². The number of hydrogen-bond acceptors (Lipinski definition) is 3. The van der Waals surface area contributed by atoms with Gasteiger partial charge in [-0.2, -0.15) is 0 Å². The second-order valence-corrected chi connectivity index (χ2v) is 5.17. The lowest BCUT2D eigenvalue weighted by atomic mass is 10.1. The Morgan fingerprint density at radius 1 is 1.20 bits per heavy atom. The zero-order valence-electron chi connectivity index (χ0n) is 11.2. The number of hydrogen-bond donors (Lipinski definition) is 1. The molecule has 0 radical (unpaired) electrons. The monoisotopic (exact) mass is 289 g/mol. The van der Waals surface area contributed by atoms with E-state index in [1.807, 2.05) is 36.4 Å². The fourth-order valence-electron chi connectivity index (χ4n) is 2.26. The molecule has 2 heterocycles. The van der Waals surface area contributed by atoms with Gasteiger partial charge in [-0.3, -0.25) is 0 Å². The maximum absolute atomic E-state index is 6.01. The minimum absolute atomic E-state index is 0.0730. The molecule has 1 atom stereocenters. The second-order valence-electron chi connectivity index (χ2n) is 4.73. The summed E-state index contributed by atoms with van der Waals surface area (Å²) in [5, 5.41) is 5.15. The first-order chi connectivity index (χ1) is 9.78. The van der Waals surface area contributed by atoms with Gasteiger partial charge in [0.1, 0.15) is 23.1 Å². The van der Waals surface area contributed by atoms with Gasteiger partial charge in [0.15, 0.2) is 0 Å².